The number of fused-ring (bicyclic) bond motifs is 1. The summed E-state index contributed by atoms with van der Waals surface area (Å²) in [4.78, 5) is 13.7. The molecule has 0 radical (unpaired) electrons. The number of anilines is 1. The van der Waals surface area contributed by atoms with Crippen molar-refractivity contribution in [1.82, 2.24) is 15.0 Å². The van der Waals surface area contributed by atoms with Crippen molar-refractivity contribution in [2.24, 2.45) is 0 Å². The van der Waals surface area contributed by atoms with Gasteiger partial charge in [0.25, 0.3) is 0 Å². The first-order valence-electron chi connectivity index (χ1n) is 8.38. The molecule has 3 aromatic rings. The molecular weight excluding hydrogens is 364 g/mol. The van der Waals surface area contributed by atoms with Crippen LogP contribution in [0.25, 0.3) is 11.0 Å². The van der Waals surface area contributed by atoms with Gasteiger partial charge in [0.15, 0.2) is 16.6 Å². The predicted octanol–water partition coefficient (Wildman–Crippen LogP) is 2.74. The monoisotopic (exact) mass is 380 g/mol. The van der Waals surface area contributed by atoms with Crippen LogP contribution in [0.15, 0.2) is 41.3 Å². The molecule has 1 atom stereocenters. The second kappa shape index (κ2) is 7.31. The maximum absolute atomic E-state index is 11.0. The molecule has 1 saturated carbocycles. The number of aromatic nitrogens is 3. The zero-order valence-corrected chi connectivity index (χ0v) is 15.1. The average molecular weight is 380 g/mol. The molecule has 1 aromatic carbocycles. The van der Waals surface area contributed by atoms with E-state index in [2.05, 4.69) is 26.2 Å². The molecule has 27 heavy (non-hydrogen) atoms. The van der Waals surface area contributed by atoms with Gasteiger partial charge in [0, 0.05) is 6.54 Å². The van der Waals surface area contributed by atoms with E-state index in [-0.39, 0.29) is 6.10 Å². The summed E-state index contributed by atoms with van der Waals surface area (Å²) in [5.41, 5.74) is 2.64. The highest BCUT2D eigenvalue weighted by atomic mass is 32.2. The Morgan fingerprint density at radius 1 is 1.19 bits per heavy atom. The van der Waals surface area contributed by atoms with E-state index in [0.29, 0.717) is 40.0 Å². The van der Waals surface area contributed by atoms with E-state index < -0.39 is 11.1 Å². The summed E-state index contributed by atoms with van der Waals surface area (Å²) in [6.07, 6.45) is 7.60. The van der Waals surface area contributed by atoms with Crippen LogP contribution in [0.1, 0.15) is 24.1 Å². The van der Waals surface area contributed by atoms with Gasteiger partial charge < -0.3 is 14.6 Å². The first-order valence-corrected chi connectivity index (χ1v) is 9.49. The van der Waals surface area contributed by atoms with Crippen molar-refractivity contribution >= 4 is 28.1 Å². The van der Waals surface area contributed by atoms with Gasteiger partial charge in [0.05, 0.1) is 10.4 Å². The maximum Gasteiger partial charge on any atom is 0.245 e. The molecule has 2 aromatic heterocycles. The van der Waals surface area contributed by atoms with Gasteiger partial charge in [0.1, 0.15) is 11.8 Å². The molecule has 136 valence electrons. The molecule has 1 fully saturated rings. The number of nitrogens with one attached hydrogen (secondary N) is 1. The van der Waals surface area contributed by atoms with Crippen LogP contribution in [0.2, 0.25) is 0 Å². The van der Waals surface area contributed by atoms with Gasteiger partial charge in [-0.2, -0.15) is 4.98 Å². The van der Waals surface area contributed by atoms with Gasteiger partial charge in [-0.3, -0.25) is 0 Å². The molecule has 0 amide bonds. The quantitative estimate of drug-likeness (QED) is 0.501. The predicted molar refractivity (Wildman–Crippen MR) is 102 cm³/mol. The molecule has 4 rings (SSSR count). The Kier molecular flexibility index (Phi) is 4.71. The van der Waals surface area contributed by atoms with Crippen LogP contribution in [0.5, 0.6) is 5.88 Å². The van der Waals surface area contributed by atoms with Crippen LogP contribution in [-0.4, -0.2) is 29.8 Å². The van der Waals surface area contributed by atoms with Crippen LogP contribution in [-0.2, 0) is 17.6 Å². The molecule has 1 unspecified atom stereocenters. The summed E-state index contributed by atoms with van der Waals surface area (Å²) in [7, 11) is 0. The SMILES string of the molecule is C#Cc1ccc2nc(NCc3ccc(S(=O)O)cc3)nc(OC3CC3)c2n1. The lowest BCUT2D eigenvalue weighted by Gasteiger charge is -2.11. The Balaban J connectivity index is 1.59. The van der Waals surface area contributed by atoms with Crippen LogP contribution >= 0.6 is 0 Å². The fraction of sp³-hybridized carbons (Fsp3) is 0.211. The normalized spacial score (nSPS) is 14.5. The summed E-state index contributed by atoms with van der Waals surface area (Å²) in [5, 5.41) is 3.16. The standard InChI is InChI=1S/C19H16N4O3S/c1-2-13-5-10-16-17(21-13)18(26-14-6-7-14)23-19(22-16)20-11-12-3-8-15(9-4-12)27(24)25/h1,3-5,8-10,14H,6-7,11H2,(H,24,25)(H,20,22,23). The van der Waals surface area contributed by atoms with Crippen molar-refractivity contribution in [3.63, 3.8) is 0 Å². The van der Waals surface area contributed by atoms with Crippen molar-refractivity contribution in [2.45, 2.75) is 30.4 Å². The van der Waals surface area contributed by atoms with Crippen molar-refractivity contribution in [1.29, 1.82) is 0 Å². The molecule has 0 bridgehead atoms. The maximum atomic E-state index is 11.0. The minimum absolute atomic E-state index is 0.166. The summed E-state index contributed by atoms with van der Waals surface area (Å²) in [5.74, 6) is 3.36. The minimum atomic E-state index is -1.98. The van der Waals surface area contributed by atoms with Crippen LogP contribution < -0.4 is 10.1 Å². The highest BCUT2D eigenvalue weighted by Crippen LogP contribution is 2.30. The van der Waals surface area contributed by atoms with E-state index in [1.807, 2.05) is 0 Å². The average Bonchev–Trinajstić information content (AvgIpc) is 3.50. The Labute approximate surface area is 158 Å². The van der Waals surface area contributed by atoms with Gasteiger partial charge in [-0.25, -0.2) is 14.2 Å². The van der Waals surface area contributed by atoms with Crippen LogP contribution in [0.4, 0.5) is 5.95 Å². The van der Waals surface area contributed by atoms with Gasteiger partial charge >= 0.3 is 0 Å². The second-order valence-corrected chi connectivity index (χ2v) is 7.09. The van der Waals surface area contributed by atoms with Crippen molar-refractivity contribution in [3.05, 3.63) is 47.7 Å². The Morgan fingerprint density at radius 3 is 2.63 bits per heavy atom. The summed E-state index contributed by atoms with van der Waals surface area (Å²) >= 11 is -1.98. The number of rotatable bonds is 6. The van der Waals surface area contributed by atoms with Gasteiger partial charge in [-0.05, 0) is 42.7 Å². The number of ether oxygens (including phenoxy) is 1. The highest BCUT2D eigenvalue weighted by molar-refractivity contribution is 7.79. The number of terminal acetylenes is 1. The van der Waals surface area contributed by atoms with E-state index in [1.165, 1.54) is 0 Å². The lowest BCUT2D eigenvalue weighted by molar-refractivity contribution is 0.294. The molecule has 0 spiro atoms. The fourth-order valence-electron chi connectivity index (χ4n) is 2.48. The number of benzene rings is 1. The smallest absolute Gasteiger partial charge is 0.245 e. The largest absolute Gasteiger partial charge is 0.473 e. The van der Waals surface area contributed by atoms with Gasteiger partial charge in [0.2, 0.25) is 11.8 Å². The second-order valence-electron chi connectivity index (χ2n) is 6.12. The Bertz CT molecular complexity index is 1060. The number of hydrogen-bond donors (Lipinski definition) is 2. The third-order valence-electron chi connectivity index (χ3n) is 4.04. The van der Waals surface area contributed by atoms with E-state index >= 15 is 0 Å². The molecule has 1 aliphatic carbocycles. The minimum Gasteiger partial charge on any atom is -0.473 e. The first kappa shape index (κ1) is 17.4. The molecule has 2 heterocycles. The lowest BCUT2D eigenvalue weighted by Crippen LogP contribution is -2.08. The van der Waals surface area contributed by atoms with E-state index in [1.54, 1.807) is 36.4 Å². The van der Waals surface area contributed by atoms with Crippen molar-refractivity contribution in [2.75, 3.05) is 5.32 Å². The van der Waals surface area contributed by atoms with Crippen molar-refractivity contribution < 1.29 is 13.5 Å². The molecule has 1 aliphatic rings. The molecule has 2 N–H and O–H groups in total. The number of nitrogens with zero attached hydrogens (tertiary/aromatic N) is 3. The highest BCUT2D eigenvalue weighted by Gasteiger charge is 2.26. The zero-order valence-electron chi connectivity index (χ0n) is 14.3. The summed E-state index contributed by atoms with van der Waals surface area (Å²) in [6.45, 7) is 0.461. The Morgan fingerprint density at radius 2 is 1.96 bits per heavy atom. The van der Waals surface area contributed by atoms with Crippen molar-refractivity contribution in [3.8, 4) is 18.2 Å². The van der Waals surface area contributed by atoms with Crippen LogP contribution in [0, 0.1) is 12.3 Å². The van der Waals surface area contributed by atoms with Gasteiger partial charge in [-0.1, -0.05) is 18.1 Å². The topological polar surface area (TPSA) is 97.2 Å². The fourth-order valence-corrected chi connectivity index (χ4v) is 2.85. The van der Waals surface area contributed by atoms with E-state index in [0.717, 1.165) is 18.4 Å². The molecule has 8 heteroatoms. The first-order chi connectivity index (χ1) is 13.1. The molecule has 0 aliphatic heterocycles. The third kappa shape index (κ3) is 4.05. The van der Waals surface area contributed by atoms with E-state index in [4.69, 9.17) is 15.7 Å². The Hall–Kier alpha value is -3.02. The number of hydrogen-bond acceptors (Lipinski definition) is 6. The molecular formula is C19H16N4O3S. The molecule has 0 saturated heterocycles. The number of pyridine rings is 1. The zero-order chi connectivity index (χ0) is 18.8. The lowest BCUT2D eigenvalue weighted by atomic mass is 10.2. The summed E-state index contributed by atoms with van der Waals surface area (Å²) in [6, 6.07) is 10.3. The third-order valence-corrected chi connectivity index (χ3v) is 4.71. The summed E-state index contributed by atoms with van der Waals surface area (Å²) < 4.78 is 26.0. The van der Waals surface area contributed by atoms with E-state index in [9.17, 15) is 4.21 Å². The molecule has 7 nitrogen and oxygen atoms in total. The van der Waals surface area contributed by atoms with Crippen LogP contribution in [0.3, 0.4) is 0 Å². The van der Waals surface area contributed by atoms with Gasteiger partial charge in [-0.15, -0.1) is 6.42 Å².